The van der Waals surface area contributed by atoms with Crippen molar-refractivity contribution in [2.45, 2.75) is 52.0 Å². The average Bonchev–Trinajstić information content (AvgIpc) is 2.43. The van der Waals surface area contributed by atoms with Gasteiger partial charge in [-0.2, -0.15) is 0 Å². The summed E-state index contributed by atoms with van der Waals surface area (Å²) in [5.41, 5.74) is 4.47. The minimum atomic E-state index is -1.30. The molecule has 21 heavy (non-hydrogen) atoms. The van der Waals surface area contributed by atoms with Crippen molar-refractivity contribution in [2.75, 3.05) is 0 Å². The summed E-state index contributed by atoms with van der Waals surface area (Å²) in [5, 5.41) is 0. The second-order valence-corrected chi connectivity index (χ2v) is 10.9. The van der Waals surface area contributed by atoms with Crippen LogP contribution in [0.4, 0.5) is 0 Å². The maximum atomic E-state index is 5.81. The van der Waals surface area contributed by atoms with E-state index in [1.807, 2.05) is 37.3 Å². The zero-order chi connectivity index (χ0) is 15.7. The zero-order valence-corrected chi connectivity index (χ0v) is 14.6. The summed E-state index contributed by atoms with van der Waals surface area (Å²) in [6.07, 6.45) is 2.05. The molecule has 2 nitrogen and oxygen atoms in total. The zero-order valence-electron chi connectivity index (χ0n) is 13.6. The molecule has 114 valence electrons. The van der Waals surface area contributed by atoms with E-state index in [4.69, 9.17) is 9.47 Å². The van der Waals surface area contributed by atoms with E-state index in [0.717, 1.165) is 12.0 Å². The first-order chi connectivity index (χ1) is 9.90. The monoisotopic (exact) mass is 302 g/mol. The van der Waals surface area contributed by atoms with Crippen LogP contribution in [0.15, 0.2) is 43.0 Å². The minimum Gasteiger partial charge on any atom is -0.345 e. The van der Waals surface area contributed by atoms with E-state index >= 15 is 0 Å². The Labute approximate surface area is 130 Å². The molecule has 0 unspecified atom stereocenters. The van der Waals surface area contributed by atoms with Gasteiger partial charge in [-0.25, -0.2) is 0 Å². The lowest BCUT2D eigenvalue weighted by molar-refractivity contribution is -0.142. The maximum Gasteiger partial charge on any atom is 0.177 e. The first-order valence-corrected chi connectivity index (χ1v) is 10.8. The van der Waals surface area contributed by atoms with Gasteiger partial charge in [-0.1, -0.05) is 56.6 Å². The molecule has 2 atom stereocenters. The Morgan fingerprint density at radius 3 is 2.48 bits per heavy atom. The molecule has 0 aliphatic heterocycles. The quantitative estimate of drug-likeness (QED) is 0.322. The number of hydrogen-bond donors (Lipinski definition) is 0. The largest absolute Gasteiger partial charge is 0.345 e. The number of hydrogen-bond acceptors (Lipinski definition) is 2. The van der Waals surface area contributed by atoms with Gasteiger partial charge >= 0.3 is 0 Å². The Balaban J connectivity index is 2.39. The molecular weight excluding hydrogens is 276 g/mol. The van der Waals surface area contributed by atoms with Crippen LogP contribution in [0.1, 0.15) is 18.9 Å². The molecule has 0 fully saturated rings. The van der Waals surface area contributed by atoms with Crippen molar-refractivity contribution >= 4 is 8.07 Å². The van der Waals surface area contributed by atoms with Gasteiger partial charge in [0.2, 0.25) is 0 Å². The summed E-state index contributed by atoms with van der Waals surface area (Å²) in [6, 6.07) is 10.0. The molecule has 1 rings (SSSR count). The SMILES string of the molecule is C=C[C@H](OCc1ccccc1)O[C@H](C)CC#C[Si](C)(C)C. The molecule has 0 heterocycles. The Hall–Kier alpha value is -1.34. The molecule has 0 saturated heterocycles. The van der Waals surface area contributed by atoms with E-state index in [0.29, 0.717) is 6.61 Å². The van der Waals surface area contributed by atoms with Crippen LogP contribution in [-0.2, 0) is 16.1 Å². The van der Waals surface area contributed by atoms with Crippen LogP contribution in [0, 0.1) is 11.5 Å². The molecule has 0 aliphatic rings. The Bertz CT molecular complexity index is 479. The summed E-state index contributed by atoms with van der Waals surface area (Å²) in [7, 11) is -1.30. The Morgan fingerprint density at radius 2 is 1.90 bits per heavy atom. The predicted octanol–water partition coefficient (Wildman–Crippen LogP) is 4.39. The van der Waals surface area contributed by atoms with Gasteiger partial charge in [0.1, 0.15) is 8.07 Å². The molecule has 0 amide bonds. The van der Waals surface area contributed by atoms with Crippen LogP contribution >= 0.6 is 0 Å². The van der Waals surface area contributed by atoms with Gasteiger partial charge in [-0.05, 0) is 18.6 Å². The Kier molecular flexibility index (Phi) is 7.45. The summed E-state index contributed by atoms with van der Waals surface area (Å²) in [6.45, 7) is 13.0. The molecule has 0 radical (unpaired) electrons. The molecule has 0 spiro atoms. The fourth-order valence-electron chi connectivity index (χ4n) is 1.65. The van der Waals surface area contributed by atoms with Crippen molar-refractivity contribution in [3.05, 3.63) is 48.6 Å². The maximum absolute atomic E-state index is 5.81. The van der Waals surface area contributed by atoms with Crippen molar-refractivity contribution in [1.29, 1.82) is 0 Å². The summed E-state index contributed by atoms with van der Waals surface area (Å²) >= 11 is 0. The highest BCUT2D eigenvalue weighted by atomic mass is 28.3. The first kappa shape index (κ1) is 17.7. The second-order valence-electron chi connectivity index (χ2n) is 6.10. The van der Waals surface area contributed by atoms with Crippen molar-refractivity contribution < 1.29 is 9.47 Å². The molecular formula is C18H26O2Si. The van der Waals surface area contributed by atoms with Crippen molar-refractivity contribution in [1.82, 2.24) is 0 Å². The molecule has 1 aromatic carbocycles. The van der Waals surface area contributed by atoms with Gasteiger partial charge in [-0.3, -0.25) is 0 Å². The number of benzene rings is 1. The van der Waals surface area contributed by atoms with E-state index in [-0.39, 0.29) is 6.10 Å². The number of rotatable bonds is 7. The summed E-state index contributed by atoms with van der Waals surface area (Å²) in [5.74, 6) is 3.23. The molecule has 0 aliphatic carbocycles. The van der Waals surface area contributed by atoms with E-state index in [1.54, 1.807) is 6.08 Å². The lowest BCUT2D eigenvalue weighted by Crippen LogP contribution is -2.21. The fourth-order valence-corrected chi connectivity index (χ4v) is 2.28. The molecule has 0 N–H and O–H groups in total. The third kappa shape index (κ3) is 8.51. The van der Waals surface area contributed by atoms with Gasteiger partial charge in [0.25, 0.3) is 0 Å². The van der Waals surface area contributed by atoms with Crippen molar-refractivity contribution in [3.63, 3.8) is 0 Å². The highest BCUT2D eigenvalue weighted by Gasteiger charge is 2.11. The molecule has 1 aromatic rings. The molecule has 0 aromatic heterocycles. The lowest BCUT2D eigenvalue weighted by atomic mass is 10.2. The van der Waals surface area contributed by atoms with Crippen LogP contribution in [0.2, 0.25) is 19.6 Å². The fraction of sp³-hybridized carbons (Fsp3) is 0.444. The summed E-state index contributed by atoms with van der Waals surface area (Å²) in [4.78, 5) is 0. The minimum absolute atomic E-state index is 0.0348. The van der Waals surface area contributed by atoms with Crippen LogP contribution in [0.25, 0.3) is 0 Å². The lowest BCUT2D eigenvalue weighted by Gasteiger charge is -2.19. The van der Waals surface area contributed by atoms with E-state index in [1.165, 1.54) is 0 Å². The van der Waals surface area contributed by atoms with Crippen LogP contribution < -0.4 is 0 Å². The van der Waals surface area contributed by atoms with Gasteiger partial charge in [0, 0.05) is 6.42 Å². The molecule has 0 saturated carbocycles. The van der Waals surface area contributed by atoms with Gasteiger partial charge < -0.3 is 9.47 Å². The van der Waals surface area contributed by atoms with E-state index < -0.39 is 14.4 Å². The van der Waals surface area contributed by atoms with Crippen LogP contribution in [0.5, 0.6) is 0 Å². The van der Waals surface area contributed by atoms with Gasteiger partial charge in [0.15, 0.2) is 6.29 Å². The third-order valence-electron chi connectivity index (χ3n) is 2.67. The second kappa shape index (κ2) is 8.84. The van der Waals surface area contributed by atoms with E-state index in [9.17, 15) is 0 Å². The topological polar surface area (TPSA) is 18.5 Å². The highest BCUT2D eigenvalue weighted by Crippen LogP contribution is 2.09. The van der Waals surface area contributed by atoms with Crippen LogP contribution in [-0.4, -0.2) is 20.5 Å². The van der Waals surface area contributed by atoms with E-state index in [2.05, 4.69) is 37.7 Å². The van der Waals surface area contributed by atoms with Crippen molar-refractivity contribution in [2.24, 2.45) is 0 Å². The standard InChI is InChI=1S/C18H26O2Si/c1-6-18(19-15-17-12-8-7-9-13-17)20-16(2)11-10-14-21(3,4)5/h6-9,12-13,16,18H,1,11,15H2,2-5H3/t16-,18-/m1/s1. The first-order valence-electron chi connectivity index (χ1n) is 7.34. The third-order valence-corrected chi connectivity index (χ3v) is 3.60. The smallest absolute Gasteiger partial charge is 0.177 e. The highest BCUT2D eigenvalue weighted by molar-refractivity contribution is 6.83. The predicted molar refractivity (Wildman–Crippen MR) is 91.5 cm³/mol. The van der Waals surface area contributed by atoms with Crippen molar-refractivity contribution in [3.8, 4) is 11.5 Å². The molecule has 3 heteroatoms. The number of ether oxygens (including phenoxy) is 2. The summed E-state index contributed by atoms with van der Waals surface area (Å²) < 4.78 is 11.5. The van der Waals surface area contributed by atoms with Gasteiger partial charge in [-0.15, -0.1) is 11.5 Å². The Morgan fingerprint density at radius 1 is 1.24 bits per heavy atom. The average molecular weight is 302 g/mol. The normalized spacial score (nSPS) is 13.9. The molecule has 0 bridgehead atoms. The van der Waals surface area contributed by atoms with Crippen LogP contribution in [0.3, 0.4) is 0 Å². The van der Waals surface area contributed by atoms with Gasteiger partial charge in [0.05, 0.1) is 12.7 Å².